The van der Waals surface area contributed by atoms with Gasteiger partial charge in [-0.3, -0.25) is 4.79 Å². The van der Waals surface area contributed by atoms with Crippen LogP contribution in [0.5, 0.6) is 5.75 Å². The van der Waals surface area contributed by atoms with Crippen molar-refractivity contribution in [2.24, 2.45) is 0 Å². The molecule has 0 unspecified atom stereocenters. The average Bonchev–Trinajstić information content (AvgIpc) is 2.98. The number of rotatable bonds is 4. The summed E-state index contributed by atoms with van der Waals surface area (Å²) in [5, 5.41) is 4.87. The van der Waals surface area contributed by atoms with Crippen LogP contribution in [0.1, 0.15) is 11.1 Å². The molecule has 3 nitrogen and oxygen atoms in total. The molecular weight excluding hydrogens is 417 g/mol. The van der Waals surface area contributed by atoms with Crippen LogP contribution in [0.4, 0.5) is 4.39 Å². The molecule has 1 N–H and O–H groups in total. The summed E-state index contributed by atoms with van der Waals surface area (Å²) in [5.74, 6) is -0.146. The summed E-state index contributed by atoms with van der Waals surface area (Å²) >= 11 is 12.3. The van der Waals surface area contributed by atoms with E-state index in [9.17, 15) is 9.18 Å². The topological polar surface area (TPSA) is 38.3 Å². The lowest BCUT2D eigenvalue weighted by Gasteiger charge is -2.13. The second kappa shape index (κ2) is 7.91. The molecule has 1 fully saturated rings. The molecule has 4 rings (SSSR count). The van der Waals surface area contributed by atoms with Gasteiger partial charge in [-0.25, -0.2) is 4.39 Å². The maximum atomic E-state index is 14.1. The Morgan fingerprint density at radius 1 is 1.14 bits per heavy atom. The van der Waals surface area contributed by atoms with Crippen molar-refractivity contribution in [2.45, 2.75) is 6.61 Å². The minimum Gasteiger partial charge on any atom is -0.488 e. The molecule has 0 atom stereocenters. The maximum absolute atomic E-state index is 14.1. The van der Waals surface area contributed by atoms with Gasteiger partial charge in [0, 0.05) is 11.1 Å². The first-order valence-corrected chi connectivity index (χ1v) is 9.95. The number of hydrogen-bond acceptors (Lipinski definition) is 4. The van der Waals surface area contributed by atoms with E-state index in [1.807, 2.05) is 36.4 Å². The van der Waals surface area contributed by atoms with Crippen LogP contribution < -0.4 is 10.1 Å². The highest BCUT2D eigenvalue weighted by Crippen LogP contribution is 2.33. The number of ether oxygens (including phenoxy) is 1. The number of nitrogens with one attached hydrogen (secondary N) is 1. The van der Waals surface area contributed by atoms with E-state index in [0.29, 0.717) is 25.6 Å². The zero-order valence-corrected chi connectivity index (χ0v) is 16.8. The van der Waals surface area contributed by atoms with Gasteiger partial charge in [-0.05, 0) is 41.1 Å². The average molecular weight is 430 g/mol. The third-order valence-corrected chi connectivity index (χ3v) is 5.76. The van der Waals surface area contributed by atoms with Gasteiger partial charge in [0.1, 0.15) is 22.5 Å². The van der Waals surface area contributed by atoms with Crippen molar-refractivity contribution in [2.75, 3.05) is 0 Å². The van der Waals surface area contributed by atoms with Gasteiger partial charge in [0.25, 0.3) is 5.91 Å². The summed E-state index contributed by atoms with van der Waals surface area (Å²) < 4.78 is 20.4. The van der Waals surface area contributed by atoms with E-state index < -0.39 is 5.82 Å². The van der Waals surface area contributed by atoms with Crippen molar-refractivity contribution in [3.8, 4) is 5.75 Å². The molecule has 140 valence electrons. The van der Waals surface area contributed by atoms with Crippen molar-refractivity contribution in [3.05, 3.63) is 81.5 Å². The van der Waals surface area contributed by atoms with E-state index in [-0.39, 0.29) is 18.1 Å². The third-order valence-electron chi connectivity index (χ3n) is 4.24. The summed E-state index contributed by atoms with van der Waals surface area (Å²) in [4.78, 5) is 12.5. The highest BCUT2D eigenvalue weighted by atomic mass is 35.5. The molecule has 7 heteroatoms. The smallest absolute Gasteiger partial charge is 0.263 e. The molecule has 3 aromatic carbocycles. The molecule has 0 bridgehead atoms. The number of hydrogen-bond donors (Lipinski definition) is 1. The normalized spacial score (nSPS) is 15.3. The van der Waals surface area contributed by atoms with Crippen LogP contribution in [0.15, 0.2) is 59.5 Å². The molecule has 3 aromatic rings. The summed E-state index contributed by atoms with van der Waals surface area (Å²) in [5.41, 5.74) is 0.985. The summed E-state index contributed by atoms with van der Waals surface area (Å²) in [6.45, 7) is -0.0300. The fraction of sp³-hybridized carbons (Fsp3) is 0.0476. The van der Waals surface area contributed by atoms with E-state index in [1.54, 1.807) is 18.2 Å². The van der Waals surface area contributed by atoms with E-state index in [0.717, 1.165) is 10.8 Å². The lowest BCUT2D eigenvalue weighted by atomic mass is 10.1. The first-order valence-electron chi connectivity index (χ1n) is 8.34. The van der Waals surface area contributed by atoms with E-state index in [2.05, 4.69) is 5.32 Å². The van der Waals surface area contributed by atoms with Crippen molar-refractivity contribution in [1.29, 1.82) is 0 Å². The number of carbonyl (C=O) groups is 1. The number of thioether (sulfide) groups is 1. The molecule has 0 aromatic heterocycles. The highest BCUT2D eigenvalue weighted by Gasteiger charge is 2.22. The number of fused-ring (bicyclic) bond motifs is 1. The molecule has 28 heavy (non-hydrogen) atoms. The molecular formula is C21H13ClFNO2S2. The zero-order chi connectivity index (χ0) is 19.7. The molecule has 0 aliphatic carbocycles. The Kier molecular flexibility index (Phi) is 5.35. The summed E-state index contributed by atoms with van der Waals surface area (Å²) in [7, 11) is 0. The number of halogens is 2. The molecule has 0 saturated carbocycles. The molecule has 1 amide bonds. The van der Waals surface area contributed by atoms with Crippen LogP contribution in [0.2, 0.25) is 5.02 Å². The Hall–Kier alpha value is -2.41. The lowest BCUT2D eigenvalue weighted by Crippen LogP contribution is -2.17. The van der Waals surface area contributed by atoms with Crippen molar-refractivity contribution >= 4 is 62.7 Å². The van der Waals surface area contributed by atoms with Gasteiger partial charge in [-0.1, -0.05) is 65.9 Å². The predicted molar refractivity (Wildman–Crippen MR) is 116 cm³/mol. The van der Waals surface area contributed by atoms with Gasteiger partial charge < -0.3 is 10.1 Å². The fourth-order valence-corrected chi connectivity index (χ4v) is 4.11. The van der Waals surface area contributed by atoms with Crippen molar-refractivity contribution in [3.63, 3.8) is 0 Å². The predicted octanol–water partition coefficient (Wildman–Crippen LogP) is 5.70. The molecule has 1 aliphatic heterocycles. The number of amides is 1. The van der Waals surface area contributed by atoms with Crippen LogP contribution in [0.3, 0.4) is 0 Å². The second-order valence-corrected chi connectivity index (χ2v) is 8.20. The van der Waals surface area contributed by atoms with Crippen molar-refractivity contribution < 1.29 is 13.9 Å². The quantitative estimate of drug-likeness (QED) is 0.426. The molecule has 0 radical (unpaired) electrons. The van der Waals surface area contributed by atoms with Gasteiger partial charge in [0.2, 0.25) is 0 Å². The molecule has 1 aliphatic rings. The van der Waals surface area contributed by atoms with E-state index in [4.69, 9.17) is 28.6 Å². The van der Waals surface area contributed by atoms with Crippen LogP contribution >= 0.6 is 35.6 Å². The molecule has 1 saturated heterocycles. The minimum absolute atomic E-state index is 0.0300. The second-order valence-electron chi connectivity index (χ2n) is 6.08. The first kappa shape index (κ1) is 18.9. The summed E-state index contributed by atoms with van der Waals surface area (Å²) in [6.07, 6.45) is 1.73. The Morgan fingerprint density at radius 3 is 2.57 bits per heavy atom. The fourth-order valence-electron chi connectivity index (χ4n) is 2.86. The highest BCUT2D eigenvalue weighted by molar-refractivity contribution is 8.26. The van der Waals surface area contributed by atoms with Gasteiger partial charge in [-0.2, -0.15) is 0 Å². The van der Waals surface area contributed by atoms with Crippen LogP contribution in [0.25, 0.3) is 16.8 Å². The zero-order valence-electron chi connectivity index (χ0n) is 14.4. The monoisotopic (exact) mass is 429 g/mol. The summed E-state index contributed by atoms with van der Waals surface area (Å²) in [6, 6.07) is 16.1. The lowest BCUT2D eigenvalue weighted by molar-refractivity contribution is -0.115. The van der Waals surface area contributed by atoms with Crippen LogP contribution in [0, 0.1) is 5.82 Å². The number of carbonyl (C=O) groups excluding carboxylic acids is 1. The number of benzene rings is 3. The Balaban J connectivity index is 1.74. The third kappa shape index (κ3) is 3.90. The largest absolute Gasteiger partial charge is 0.488 e. The maximum Gasteiger partial charge on any atom is 0.263 e. The van der Waals surface area contributed by atoms with Gasteiger partial charge in [-0.15, -0.1) is 0 Å². The number of thiocarbonyl (C=S) groups is 1. The Morgan fingerprint density at radius 2 is 1.89 bits per heavy atom. The van der Waals surface area contributed by atoms with E-state index in [1.165, 1.54) is 17.8 Å². The molecule has 0 spiro atoms. The Bertz CT molecular complexity index is 1130. The van der Waals surface area contributed by atoms with E-state index >= 15 is 0 Å². The Labute approximate surface area is 175 Å². The SMILES string of the molecule is O=C1NC(=S)S/C1=C\c1cc2ccccc2cc1OCc1c(F)cccc1Cl. The van der Waals surface area contributed by atoms with Crippen molar-refractivity contribution in [1.82, 2.24) is 5.32 Å². The first-order chi connectivity index (χ1) is 13.5. The minimum atomic E-state index is -0.427. The van der Waals surface area contributed by atoms with Gasteiger partial charge in [0.05, 0.1) is 9.93 Å². The standard InChI is InChI=1S/C21H13ClFNO2S2/c22-16-6-3-7-17(23)15(16)11-26-18-9-13-5-2-1-4-12(13)8-14(18)10-19-20(25)24-21(27)28-19/h1-10H,11H2,(H,24,25,27)/b19-10-. The van der Waals surface area contributed by atoms with Crippen LogP contribution in [-0.2, 0) is 11.4 Å². The van der Waals surface area contributed by atoms with Gasteiger partial charge >= 0.3 is 0 Å². The molecule has 1 heterocycles. The van der Waals surface area contributed by atoms with Crippen LogP contribution in [-0.4, -0.2) is 10.2 Å². The van der Waals surface area contributed by atoms with Gasteiger partial charge in [0.15, 0.2) is 0 Å².